The van der Waals surface area contributed by atoms with E-state index in [1.807, 2.05) is 13.8 Å². The second-order valence-electron chi connectivity index (χ2n) is 4.54. The first-order valence-corrected chi connectivity index (χ1v) is 5.89. The highest BCUT2D eigenvalue weighted by atomic mass is 19.4. The van der Waals surface area contributed by atoms with Crippen molar-refractivity contribution < 1.29 is 17.6 Å². The van der Waals surface area contributed by atoms with Gasteiger partial charge in [-0.05, 0) is 24.1 Å². The first kappa shape index (κ1) is 16.2. The van der Waals surface area contributed by atoms with E-state index in [9.17, 15) is 17.6 Å². The van der Waals surface area contributed by atoms with Crippen molar-refractivity contribution in [3.05, 3.63) is 29.6 Å². The van der Waals surface area contributed by atoms with Gasteiger partial charge in [-0.2, -0.15) is 13.2 Å². The normalized spacial score (nSPS) is 12.7. The van der Waals surface area contributed by atoms with Crippen molar-refractivity contribution in [3.8, 4) is 0 Å². The Balaban J connectivity index is 2.95. The SMILES string of the molecule is CC(C)CN=C(NN)Nc1ccc(F)c(C(F)(F)F)c1. The van der Waals surface area contributed by atoms with Crippen LogP contribution in [0.4, 0.5) is 23.2 Å². The number of guanidine groups is 1. The number of nitrogens with one attached hydrogen (secondary N) is 2. The van der Waals surface area contributed by atoms with E-state index in [1.165, 1.54) is 6.07 Å². The second kappa shape index (κ2) is 6.56. The largest absolute Gasteiger partial charge is 0.419 e. The van der Waals surface area contributed by atoms with Gasteiger partial charge in [0.05, 0.1) is 5.56 Å². The van der Waals surface area contributed by atoms with Gasteiger partial charge in [-0.1, -0.05) is 13.8 Å². The third-order valence-electron chi connectivity index (χ3n) is 2.29. The van der Waals surface area contributed by atoms with Crippen LogP contribution in [0, 0.1) is 11.7 Å². The molecule has 0 bridgehead atoms. The molecule has 0 atom stereocenters. The zero-order chi connectivity index (χ0) is 15.3. The zero-order valence-corrected chi connectivity index (χ0v) is 11.1. The minimum atomic E-state index is -4.76. The van der Waals surface area contributed by atoms with Gasteiger partial charge in [0.2, 0.25) is 5.96 Å². The predicted octanol–water partition coefficient (Wildman–Crippen LogP) is 2.73. The average Bonchev–Trinajstić information content (AvgIpc) is 2.34. The molecule has 0 saturated carbocycles. The van der Waals surface area contributed by atoms with E-state index in [0.717, 1.165) is 6.07 Å². The first-order chi connectivity index (χ1) is 9.24. The molecule has 1 aromatic rings. The lowest BCUT2D eigenvalue weighted by Gasteiger charge is -2.13. The molecule has 0 spiro atoms. The summed E-state index contributed by atoms with van der Waals surface area (Å²) in [5.74, 6) is 4.26. The van der Waals surface area contributed by atoms with Gasteiger partial charge in [0.1, 0.15) is 5.82 Å². The summed E-state index contributed by atoms with van der Waals surface area (Å²) in [7, 11) is 0. The van der Waals surface area contributed by atoms with Crippen molar-refractivity contribution in [3.63, 3.8) is 0 Å². The lowest BCUT2D eigenvalue weighted by atomic mass is 10.2. The topological polar surface area (TPSA) is 62.4 Å². The molecule has 0 aliphatic heterocycles. The molecule has 112 valence electrons. The number of anilines is 1. The molecule has 4 nitrogen and oxygen atoms in total. The van der Waals surface area contributed by atoms with Gasteiger partial charge in [-0.3, -0.25) is 10.4 Å². The van der Waals surface area contributed by atoms with Crippen molar-refractivity contribution in [2.45, 2.75) is 20.0 Å². The Kier molecular flexibility index (Phi) is 5.32. The van der Waals surface area contributed by atoms with Crippen LogP contribution in [-0.4, -0.2) is 12.5 Å². The molecule has 0 heterocycles. The molecule has 4 N–H and O–H groups in total. The number of halogens is 4. The number of hydrazine groups is 1. The van der Waals surface area contributed by atoms with Crippen LogP contribution in [0.25, 0.3) is 0 Å². The molecule has 20 heavy (non-hydrogen) atoms. The Morgan fingerprint density at radius 1 is 1.35 bits per heavy atom. The van der Waals surface area contributed by atoms with E-state index >= 15 is 0 Å². The number of benzene rings is 1. The molecule has 0 aliphatic rings. The number of hydrogen-bond donors (Lipinski definition) is 3. The maximum Gasteiger partial charge on any atom is 0.419 e. The van der Waals surface area contributed by atoms with E-state index < -0.39 is 17.6 Å². The molecule has 0 amide bonds. The fourth-order valence-corrected chi connectivity index (χ4v) is 1.35. The molecule has 0 aliphatic carbocycles. The zero-order valence-electron chi connectivity index (χ0n) is 11.1. The van der Waals surface area contributed by atoms with Crippen LogP contribution >= 0.6 is 0 Å². The predicted molar refractivity (Wildman–Crippen MR) is 69.5 cm³/mol. The van der Waals surface area contributed by atoms with E-state index in [-0.39, 0.29) is 17.6 Å². The Morgan fingerprint density at radius 2 is 2.00 bits per heavy atom. The van der Waals surface area contributed by atoms with Crippen molar-refractivity contribution in [2.75, 3.05) is 11.9 Å². The lowest BCUT2D eigenvalue weighted by Crippen LogP contribution is -2.36. The van der Waals surface area contributed by atoms with Gasteiger partial charge >= 0.3 is 6.18 Å². The van der Waals surface area contributed by atoms with Gasteiger partial charge in [0, 0.05) is 12.2 Å². The Bertz CT molecular complexity index is 483. The summed E-state index contributed by atoms with van der Waals surface area (Å²) in [5, 5.41) is 2.57. The van der Waals surface area contributed by atoms with Crippen molar-refractivity contribution >= 4 is 11.6 Å². The van der Waals surface area contributed by atoms with Crippen molar-refractivity contribution in [1.82, 2.24) is 5.43 Å². The number of hydrogen-bond acceptors (Lipinski definition) is 2. The van der Waals surface area contributed by atoms with Crippen LogP contribution in [0.1, 0.15) is 19.4 Å². The molecule has 8 heteroatoms. The fourth-order valence-electron chi connectivity index (χ4n) is 1.35. The molecule has 0 fully saturated rings. The molecular weight excluding hydrogens is 276 g/mol. The second-order valence-corrected chi connectivity index (χ2v) is 4.54. The van der Waals surface area contributed by atoms with Crippen LogP contribution in [0.5, 0.6) is 0 Å². The monoisotopic (exact) mass is 292 g/mol. The highest BCUT2D eigenvalue weighted by Gasteiger charge is 2.34. The van der Waals surface area contributed by atoms with E-state index in [1.54, 1.807) is 0 Å². The molecule has 1 aromatic carbocycles. The summed E-state index contributed by atoms with van der Waals surface area (Å²) in [6, 6.07) is 2.58. The Labute approximate surface area is 114 Å². The smallest absolute Gasteiger partial charge is 0.325 e. The first-order valence-electron chi connectivity index (χ1n) is 5.89. The third-order valence-corrected chi connectivity index (χ3v) is 2.29. The van der Waals surface area contributed by atoms with Crippen LogP contribution in [-0.2, 0) is 6.18 Å². The van der Waals surface area contributed by atoms with Gasteiger partial charge in [-0.25, -0.2) is 10.2 Å². The number of alkyl halides is 3. The summed E-state index contributed by atoms with van der Waals surface area (Å²) < 4.78 is 50.8. The summed E-state index contributed by atoms with van der Waals surface area (Å²) in [4.78, 5) is 4.05. The number of nitrogens with zero attached hydrogens (tertiary/aromatic N) is 1. The maximum atomic E-state index is 13.1. The van der Waals surface area contributed by atoms with E-state index in [2.05, 4.69) is 15.7 Å². The fraction of sp³-hybridized carbons (Fsp3) is 0.417. The Morgan fingerprint density at radius 3 is 2.50 bits per heavy atom. The minimum Gasteiger partial charge on any atom is -0.325 e. The van der Waals surface area contributed by atoms with Crippen LogP contribution in [0.15, 0.2) is 23.2 Å². The number of nitrogens with two attached hydrogens (primary N) is 1. The molecule has 1 rings (SSSR count). The standard InChI is InChI=1S/C12H16F4N4/c1-7(2)6-18-11(20-17)19-8-3-4-10(13)9(5-8)12(14,15)16/h3-5,7H,6,17H2,1-2H3,(H2,18,19,20). The summed E-state index contributed by atoms with van der Waals surface area (Å²) in [6.07, 6.45) is -4.76. The number of rotatable bonds is 3. The molecule has 0 unspecified atom stereocenters. The third kappa shape index (κ3) is 4.69. The van der Waals surface area contributed by atoms with E-state index in [0.29, 0.717) is 12.6 Å². The lowest BCUT2D eigenvalue weighted by molar-refractivity contribution is -0.139. The molecule has 0 radical (unpaired) electrons. The van der Waals surface area contributed by atoms with Gasteiger partial charge in [0.25, 0.3) is 0 Å². The highest BCUT2D eigenvalue weighted by molar-refractivity contribution is 5.93. The average molecular weight is 292 g/mol. The molecule has 0 saturated heterocycles. The Hall–Kier alpha value is -1.83. The van der Waals surface area contributed by atoms with Gasteiger partial charge in [0.15, 0.2) is 0 Å². The molecule has 0 aromatic heterocycles. The summed E-state index contributed by atoms with van der Waals surface area (Å²) >= 11 is 0. The number of aliphatic imine (C=N–C) groups is 1. The van der Waals surface area contributed by atoms with Crippen LogP contribution in [0.2, 0.25) is 0 Å². The molecular formula is C12H16F4N4. The summed E-state index contributed by atoms with van der Waals surface area (Å²) in [5.41, 5.74) is 0.939. The van der Waals surface area contributed by atoms with Gasteiger partial charge < -0.3 is 5.32 Å². The van der Waals surface area contributed by atoms with Gasteiger partial charge in [-0.15, -0.1) is 0 Å². The van der Waals surface area contributed by atoms with Crippen molar-refractivity contribution in [1.29, 1.82) is 0 Å². The van der Waals surface area contributed by atoms with Crippen molar-refractivity contribution in [2.24, 2.45) is 16.8 Å². The van der Waals surface area contributed by atoms with Crippen LogP contribution < -0.4 is 16.6 Å². The van der Waals surface area contributed by atoms with Crippen LogP contribution in [0.3, 0.4) is 0 Å². The quantitative estimate of drug-likeness (QED) is 0.264. The highest BCUT2D eigenvalue weighted by Crippen LogP contribution is 2.32. The maximum absolute atomic E-state index is 13.1. The minimum absolute atomic E-state index is 0.0409. The summed E-state index contributed by atoms with van der Waals surface area (Å²) in [6.45, 7) is 4.30. The van der Waals surface area contributed by atoms with E-state index in [4.69, 9.17) is 5.84 Å².